The number of hydrogen-bond donors (Lipinski definition) is 1. The maximum absolute atomic E-state index is 13.4. The van der Waals surface area contributed by atoms with Crippen LogP contribution in [0.2, 0.25) is 10.0 Å². The molecule has 0 radical (unpaired) electrons. The SMILES string of the molecule is COc1c(OC)c(O)c2c(S(=O)c3c(Cl)cccc3Cl)cccc2c1OC(C)=O. The Balaban J connectivity index is 2.42. The Hall–Kier alpha value is -2.48. The van der Waals surface area contributed by atoms with Gasteiger partial charge in [-0.05, 0) is 18.2 Å². The number of carbonyl (C=O) groups excluding carboxylic acids is 1. The van der Waals surface area contributed by atoms with E-state index in [2.05, 4.69) is 0 Å². The van der Waals surface area contributed by atoms with Crippen molar-refractivity contribution in [3.05, 3.63) is 46.4 Å². The Morgan fingerprint density at radius 2 is 1.55 bits per heavy atom. The summed E-state index contributed by atoms with van der Waals surface area (Å²) in [4.78, 5) is 12.1. The summed E-state index contributed by atoms with van der Waals surface area (Å²) in [5.74, 6) is -0.911. The maximum Gasteiger partial charge on any atom is 0.308 e. The second-order valence-electron chi connectivity index (χ2n) is 5.84. The van der Waals surface area contributed by atoms with Crippen molar-refractivity contribution < 1.29 is 28.3 Å². The summed E-state index contributed by atoms with van der Waals surface area (Å²) < 4.78 is 29.3. The van der Waals surface area contributed by atoms with Gasteiger partial charge < -0.3 is 19.3 Å². The van der Waals surface area contributed by atoms with E-state index in [1.165, 1.54) is 21.1 Å². The fraction of sp³-hybridized carbons (Fsp3) is 0.150. The molecule has 0 saturated carbocycles. The molecule has 0 amide bonds. The second kappa shape index (κ2) is 8.49. The van der Waals surface area contributed by atoms with Gasteiger partial charge in [-0.3, -0.25) is 4.79 Å². The summed E-state index contributed by atoms with van der Waals surface area (Å²) in [5.41, 5.74) is 0. The highest BCUT2D eigenvalue weighted by Gasteiger charge is 2.27. The van der Waals surface area contributed by atoms with E-state index in [-0.39, 0.29) is 48.2 Å². The van der Waals surface area contributed by atoms with E-state index in [9.17, 15) is 14.1 Å². The first-order chi connectivity index (χ1) is 13.8. The van der Waals surface area contributed by atoms with E-state index in [0.717, 1.165) is 0 Å². The number of halogens is 2. The highest BCUT2D eigenvalue weighted by molar-refractivity contribution is 7.85. The molecule has 1 unspecified atom stereocenters. The molecule has 3 aromatic carbocycles. The molecule has 0 fully saturated rings. The summed E-state index contributed by atoms with van der Waals surface area (Å²) in [5, 5.41) is 11.8. The Kier molecular flexibility index (Phi) is 6.21. The highest BCUT2D eigenvalue weighted by Crippen LogP contribution is 2.52. The molecule has 0 bridgehead atoms. The zero-order valence-corrected chi connectivity index (χ0v) is 17.9. The van der Waals surface area contributed by atoms with Gasteiger partial charge in [0.1, 0.15) is 0 Å². The number of fused-ring (bicyclic) bond motifs is 1. The standard InChI is InChI=1S/C20H16Cl2O6S/c1-10(23)28-17-11-6-4-9-14(15(11)16(24)18(26-2)19(17)27-3)29(25)20-12(21)7-5-8-13(20)22/h4-9,24H,1-3H3. The van der Waals surface area contributed by atoms with Gasteiger partial charge >= 0.3 is 5.97 Å². The molecule has 0 spiro atoms. The van der Waals surface area contributed by atoms with Crippen LogP contribution in [-0.2, 0) is 15.6 Å². The van der Waals surface area contributed by atoms with Gasteiger partial charge in [-0.15, -0.1) is 0 Å². The van der Waals surface area contributed by atoms with Crippen LogP contribution in [0.25, 0.3) is 10.8 Å². The van der Waals surface area contributed by atoms with Crippen LogP contribution in [0.4, 0.5) is 0 Å². The molecule has 0 aliphatic carbocycles. The molecule has 0 heterocycles. The van der Waals surface area contributed by atoms with Crippen LogP contribution >= 0.6 is 23.2 Å². The largest absolute Gasteiger partial charge is 0.504 e. The first-order valence-corrected chi connectivity index (χ1v) is 10.2. The number of carbonyl (C=O) groups is 1. The van der Waals surface area contributed by atoms with E-state index in [4.69, 9.17) is 37.4 Å². The molecular weight excluding hydrogens is 439 g/mol. The number of hydrogen-bond acceptors (Lipinski definition) is 6. The zero-order valence-electron chi connectivity index (χ0n) is 15.6. The van der Waals surface area contributed by atoms with Gasteiger partial charge in [-0.2, -0.15) is 0 Å². The van der Waals surface area contributed by atoms with Gasteiger partial charge in [0, 0.05) is 17.7 Å². The van der Waals surface area contributed by atoms with Gasteiger partial charge in [0.05, 0.1) is 44.9 Å². The van der Waals surface area contributed by atoms with Gasteiger partial charge in [0.15, 0.2) is 11.5 Å². The lowest BCUT2D eigenvalue weighted by Crippen LogP contribution is -2.06. The van der Waals surface area contributed by atoms with Crippen LogP contribution in [0.5, 0.6) is 23.0 Å². The molecule has 0 saturated heterocycles. The normalized spacial score (nSPS) is 11.9. The summed E-state index contributed by atoms with van der Waals surface area (Å²) >= 11 is 12.4. The highest BCUT2D eigenvalue weighted by atomic mass is 35.5. The number of benzene rings is 3. The fourth-order valence-electron chi connectivity index (χ4n) is 2.96. The maximum atomic E-state index is 13.4. The molecule has 0 aliphatic heterocycles. The number of rotatable bonds is 5. The smallest absolute Gasteiger partial charge is 0.308 e. The van der Waals surface area contributed by atoms with Crippen LogP contribution in [0.15, 0.2) is 46.2 Å². The number of phenols is 1. The van der Waals surface area contributed by atoms with Crippen LogP contribution in [0.3, 0.4) is 0 Å². The Morgan fingerprint density at radius 3 is 2.10 bits per heavy atom. The van der Waals surface area contributed by atoms with Gasteiger partial charge in [-0.1, -0.05) is 41.4 Å². The van der Waals surface area contributed by atoms with E-state index in [0.29, 0.717) is 5.39 Å². The first kappa shape index (κ1) is 21.2. The molecular formula is C20H16Cl2O6S. The lowest BCUT2D eigenvalue weighted by molar-refractivity contribution is -0.131. The van der Waals surface area contributed by atoms with E-state index in [1.54, 1.807) is 36.4 Å². The van der Waals surface area contributed by atoms with Crippen LogP contribution in [0.1, 0.15) is 6.92 Å². The van der Waals surface area contributed by atoms with Gasteiger partial charge in [-0.25, -0.2) is 4.21 Å². The predicted octanol–water partition coefficient (Wildman–Crippen LogP) is 4.96. The van der Waals surface area contributed by atoms with Crippen molar-refractivity contribution in [2.45, 2.75) is 16.7 Å². The minimum atomic E-state index is -1.86. The molecule has 3 aromatic rings. The molecule has 1 N–H and O–H groups in total. The Bertz CT molecular complexity index is 1130. The Labute approximate surface area is 179 Å². The van der Waals surface area contributed by atoms with Crippen molar-refractivity contribution in [1.82, 2.24) is 0 Å². The monoisotopic (exact) mass is 454 g/mol. The molecule has 6 nitrogen and oxygen atoms in total. The van der Waals surface area contributed by atoms with E-state index in [1.807, 2.05) is 0 Å². The molecule has 0 aromatic heterocycles. The third kappa shape index (κ3) is 3.73. The van der Waals surface area contributed by atoms with Gasteiger partial charge in [0.2, 0.25) is 11.5 Å². The van der Waals surface area contributed by atoms with Crippen LogP contribution in [0, 0.1) is 0 Å². The zero-order chi connectivity index (χ0) is 21.3. The lowest BCUT2D eigenvalue weighted by Gasteiger charge is -2.18. The number of methoxy groups -OCH3 is 2. The van der Waals surface area contributed by atoms with Crippen LogP contribution in [-0.4, -0.2) is 29.5 Å². The predicted molar refractivity (Wildman–Crippen MR) is 111 cm³/mol. The van der Waals surface area contributed by atoms with Crippen molar-refractivity contribution in [2.75, 3.05) is 14.2 Å². The minimum Gasteiger partial charge on any atom is -0.504 e. The van der Waals surface area contributed by atoms with Crippen molar-refractivity contribution in [2.24, 2.45) is 0 Å². The summed E-state index contributed by atoms with van der Waals surface area (Å²) in [6, 6.07) is 9.54. The number of phenolic OH excluding ortho intramolecular Hbond substituents is 1. The topological polar surface area (TPSA) is 82.1 Å². The number of esters is 1. The second-order valence-corrected chi connectivity index (χ2v) is 8.04. The van der Waals surface area contributed by atoms with Gasteiger partial charge in [0.25, 0.3) is 0 Å². The van der Waals surface area contributed by atoms with Crippen molar-refractivity contribution in [1.29, 1.82) is 0 Å². The summed E-state index contributed by atoms with van der Waals surface area (Å²) in [6.07, 6.45) is 0. The summed E-state index contributed by atoms with van der Waals surface area (Å²) in [6.45, 7) is 1.23. The Morgan fingerprint density at radius 1 is 0.966 bits per heavy atom. The minimum absolute atomic E-state index is 0.0337. The summed E-state index contributed by atoms with van der Waals surface area (Å²) in [7, 11) is 0.818. The lowest BCUT2D eigenvalue weighted by atomic mass is 10.1. The van der Waals surface area contributed by atoms with Crippen molar-refractivity contribution in [3.63, 3.8) is 0 Å². The average Bonchev–Trinajstić information content (AvgIpc) is 2.68. The number of aromatic hydroxyl groups is 1. The molecule has 1 atom stereocenters. The first-order valence-electron chi connectivity index (χ1n) is 8.25. The quantitative estimate of drug-likeness (QED) is 0.433. The molecule has 152 valence electrons. The van der Waals surface area contributed by atoms with E-state index < -0.39 is 16.8 Å². The van der Waals surface area contributed by atoms with E-state index >= 15 is 0 Å². The third-order valence-electron chi connectivity index (χ3n) is 4.09. The van der Waals surface area contributed by atoms with Crippen molar-refractivity contribution >= 4 is 50.7 Å². The van der Waals surface area contributed by atoms with Crippen LogP contribution < -0.4 is 14.2 Å². The molecule has 29 heavy (non-hydrogen) atoms. The molecule has 3 rings (SSSR count). The average molecular weight is 455 g/mol. The number of ether oxygens (including phenoxy) is 3. The molecule has 9 heteroatoms. The fourth-order valence-corrected chi connectivity index (χ4v) is 5.08. The third-order valence-corrected chi connectivity index (χ3v) is 6.50. The molecule has 0 aliphatic rings. The van der Waals surface area contributed by atoms with Crippen molar-refractivity contribution in [3.8, 4) is 23.0 Å².